The number of unbranched alkanes of at least 4 members (excludes halogenated alkanes) is 10. The standard InChI is InChI=1S/C25H44O8.C3H6/c1-21(33-25(31)17-13-9-5-3-7-11-15-23(29)19-27)20-32-24(30)16-12-8-4-2-6-10-14-22(28)18-26;1-3-2/h21,26-27H,2-20H2,1H3;3H,1H2,2H3. The summed E-state index contributed by atoms with van der Waals surface area (Å²) in [7, 11) is 0. The molecule has 2 N–H and O–H groups in total. The van der Waals surface area contributed by atoms with Crippen LogP contribution >= 0.6 is 0 Å². The number of allylic oxidation sites excluding steroid dienone is 1. The minimum Gasteiger partial charge on any atom is -0.462 e. The number of aliphatic hydroxyl groups excluding tert-OH is 2. The van der Waals surface area contributed by atoms with Crippen molar-refractivity contribution in [3.05, 3.63) is 12.7 Å². The zero-order valence-corrected chi connectivity index (χ0v) is 22.6. The Balaban J connectivity index is 0. The van der Waals surface area contributed by atoms with Crippen molar-refractivity contribution in [3.63, 3.8) is 0 Å². The highest BCUT2D eigenvalue weighted by Crippen LogP contribution is 2.11. The summed E-state index contributed by atoms with van der Waals surface area (Å²) in [4.78, 5) is 45.6. The molecule has 0 heterocycles. The molecule has 0 aromatic carbocycles. The SMILES string of the molecule is C=CC.CC(COC(=O)CCCCCCCCC(=O)CO)OC(=O)CCCCCCCCC(=O)CO. The molecule has 0 aliphatic heterocycles. The van der Waals surface area contributed by atoms with E-state index in [1.165, 1.54) is 0 Å². The Bertz CT molecular complexity index is 588. The van der Waals surface area contributed by atoms with Gasteiger partial charge < -0.3 is 19.7 Å². The molecule has 0 radical (unpaired) electrons. The van der Waals surface area contributed by atoms with Crippen LogP contribution in [-0.2, 0) is 28.7 Å². The van der Waals surface area contributed by atoms with Crippen molar-refractivity contribution in [2.45, 2.75) is 123 Å². The van der Waals surface area contributed by atoms with Gasteiger partial charge in [-0.15, -0.1) is 6.58 Å². The van der Waals surface area contributed by atoms with E-state index in [9.17, 15) is 19.2 Å². The quantitative estimate of drug-likeness (QED) is 0.111. The monoisotopic (exact) mass is 514 g/mol. The largest absolute Gasteiger partial charge is 0.462 e. The second-order valence-corrected chi connectivity index (χ2v) is 9.03. The lowest BCUT2D eigenvalue weighted by Gasteiger charge is -2.13. The lowest BCUT2D eigenvalue weighted by molar-refractivity contribution is -0.158. The number of carbonyl (C=O) groups is 4. The average Bonchev–Trinajstić information content (AvgIpc) is 2.85. The van der Waals surface area contributed by atoms with E-state index in [1.807, 2.05) is 6.92 Å². The summed E-state index contributed by atoms with van der Waals surface area (Å²) < 4.78 is 10.5. The van der Waals surface area contributed by atoms with Crippen LogP contribution in [0.5, 0.6) is 0 Å². The zero-order valence-electron chi connectivity index (χ0n) is 22.6. The van der Waals surface area contributed by atoms with Crippen LogP contribution in [0.3, 0.4) is 0 Å². The van der Waals surface area contributed by atoms with E-state index in [-0.39, 0.29) is 43.3 Å². The molecule has 0 aromatic rings. The van der Waals surface area contributed by atoms with Gasteiger partial charge in [-0.25, -0.2) is 0 Å². The fourth-order valence-electron chi connectivity index (χ4n) is 3.36. The van der Waals surface area contributed by atoms with Crippen LogP contribution < -0.4 is 0 Å². The molecule has 0 amide bonds. The second kappa shape index (κ2) is 27.5. The first-order valence-corrected chi connectivity index (χ1v) is 13.5. The normalized spacial score (nSPS) is 11.1. The van der Waals surface area contributed by atoms with Crippen LogP contribution in [0.2, 0.25) is 0 Å². The Morgan fingerprint density at radius 2 is 1.00 bits per heavy atom. The summed E-state index contributed by atoms with van der Waals surface area (Å²) in [6.07, 6.45) is 13.7. The lowest BCUT2D eigenvalue weighted by Crippen LogP contribution is -2.22. The van der Waals surface area contributed by atoms with Gasteiger partial charge in [-0.2, -0.15) is 0 Å². The summed E-state index contributed by atoms with van der Waals surface area (Å²) >= 11 is 0. The molecule has 0 saturated heterocycles. The van der Waals surface area contributed by atoms with Gasteiger partial charge in [-0.1, -0.05) is 57.4 Å². The van der Waals surface area contributed by atoms with Gasteiger partial charge in [0.25, 0.3) is 0 Å². The van der Waals surface area contributed by atoms with Crippen molar-refractivity contribution < 1.29 is 38.9 Å². The van der Waals surface area contributed by atoms with E-state index in [0.29, 0.717) is 25.7 Å². The third kappa shape index (κ3) is 28.2. The smallest absolute Gasteiger partial charge is 0.306 e. The van der Waals surface area contributed by atoms with Crippen molar-refractivity contribution in [1.29, 1.82) is 0 Å². The third-order valence-electron chi connectivity index (χ3n) is 5.34. The molecule has 0 saturated carbocycles. The number of hydrogen-bond donors (Lipinski definition) is 2. The Morgan fingerprint density at radius 3 is 1.39 bits per heavy atom. The number of hydrogen-bond acceptors (Lipinski definition) is 8. The molecule has 1 atom stereocenters. The Hall–Kier alpha value is -2.06. The van der Waals surface area contributed by atoms with E-state index < -0.39 is 6.10 Å². The van der Waals surface area contributed by atoms with Crippen LogP contribution in [0.15, 0.2) is 12.7 Å². The first-order valence-electron chi connectivity index (χ1n) is 13.5. The number of ether oxygens (including phenoxy) is 2. The summed E-state index contributed by atoms with van der Waals surface area (Å²) in [6, 6.07) is 0. The van der Waals surface area contributed by atoms with E-state index in [0.717, 1.165) is 77.0 Å². The number of esters is 2. The van der Waals surface area contributed by atoms with Crippen LogP contribution in [0.1, 0.15) is 117 Å². The van der Waals surface area contributed by atoms with Crippen LogP contribution in [0, 0.1) is 0 Å². The van der Waals surface area contributed by atoms with Crippen molar-refractivity contribution in [1.82, 2.24) is 0 Å². The second-order valence-electron chi connectivity index (χ2n) is 9.03. The van der Waals surface area contributed by atoms with E-state index in [2.05, 4.69) is 6.58 Å². The molecular weight excluding hydrogens is 464 g/mol. The topological polar surface area (TPSA) is 127 Å². The number of Topliss-reactive ketones (excluding diaryl/α,β-unsaturated/α-hetero) is 2. The molecule has 0 aliphatic carbocycles. The van der Waals surface area contributed by atoms with Gasteiger partial charge in [0.2, 0.25) is 0 Å². The molecule has 8 heteroatoms. The fourth-order valence-corrected chi connectivity index (χ4v) is 3.36. The molecule has 36 heavy (non-hydrogen) atoms. The predicted molar refractivity (Wildman–Crippen MR) is 140 cm³/mol. The van der Waals surface area contributed by atoms with Gasteiger partial charge in [0.05, 0.1) is 0 Å². The van der Waals surface area contributed by atoms with Crippen LogP contribution in [-0.4, -0.2) is 59.6 Å². The maximum atomic E-state index is 11.9. The average molecular weight is 515 g/mol. The maximum Gasteiger partial charge on any atom is 0.306 e. The van der Waals surface area contributed by atoms with Crippen molar-refractivity contribution in [2.24, 2.45) is 0 Å². The number of rotatable bonds is 23. The minimum atomic E-state index is -0.466. The van der Waals surface area contributed by atoms with E-state index >= 15 is 0 Å². The van der Waals surface area contributed by atoms with Gasteiger partial charge in [0, 0.05) is 25.7 Å². The molecule has 0 aromatic heterocycles. The molecule has 210 valence electrons. The molecule has 0 spiro atoms. The highest BCUT2D eigenvalue weighted by molar-refractivity contribution is 5.79. The molecule has 1 unspecified atom stereocenters. The number of carbonyl (C=O) groups excluding carboxylic acids is 4. The van der Waals surface area contributed by atoms with Gasteiger partial charge in [-0.05, 0) is 39.5 Å². The highest BCUT2D eigenvalue weighted by atomic mass is 16.6. The van der Waals surface area contributed by atoms with E-state index in [1.54, 1.807) is 13.0 Å². The summed E-state index contributed by atoms with van der Waals surface area (Å²) in [5, 5.41) is 17.3. The van der Waals surface area contributed by atoms with Gasteiger partial charge in [0.15, 0.2) is 11.6 Å². The third-order valence-corrected chi connectivity index (χ3v) is 5.34. The summed E-state index contributed by atoms with van der Waals surface area (Å²) in [6.45, 7) is 6.27. The molecule has 0 bridgehead atoms. The maximum absolute atomic E-state index is 11.9. The van der Waals surface area contributed by atoms with Crippen molar-refractivity contribution in [2.75, 3.05) is 19.8 Å². The first-order chi connectivity index (χ1) is 17.3. The van der Waals surface area contributed by atoms with Crippen molar-refractivity contribution >= 4 is 23.5 Å². The summed E-state index contributed by atoms with van der Waals surface area (Å²) in [5.41, 5.74) is 0. The Morgan fingerprint density at radius 1 is 0.667 bits per heavy atom. The fraction of sp³-hybridized carbons (Fsp3) is 0.786. The van der Waals surface area contributed by atoms with Gasteiger partial charge >= 0.3 is 11.9 Å². The van der Waals surface area contributed by atoms with Gasteiger partial charge in [-0.3, -0.25) is 19.2 Å². The number of ketones is 2. The molecule has 0 fully saturated rings. The van der Waals surface area contributed by atoms with Crippen LogP contribution in [0.4, 0.5) is 0 Å². The summed E-state index contributed by atoms with van der Waals surface area (Å²) in [5.74, 6) is -0.801. The number of aliphatic hydroxyl groups is 2. The van der Waals surface area contributed by atoms with E-state index in [4.69, 9.17) is 19.7 Å². The Labute approximate surface area is 217 Å². The molecule has 0 rings (SSSR count). The van der Waals surface area contributed by atoms with Crippen LogP contribution in [0.25, 0.3) is 0 Å². The minimum absolute atomic E-state index is 0.0655. The zero-order chi connectivity index (χ0) is 27.4. The highest BCUT2D eigenvalue weighted by Gasteiger charge is 2.12. The predicted octanol–water partition coefficient (Wildman–Crippen LogP) is 5.02. The van der Waals surface area contributed by atoms with Gasteiger partial charge in [0.1, 0.15) is 25.9 Å². The molecule has 8 nitrogen and oxygen atoms in total. The van der Waals surface area contributed by atoms with Crippen molar-refractivity contribution in [3.8, 4) is 0 Å². The first kappa shape index (κ1) is 36.1. The Kier molecular flexibility index (Phi) is 27.6. The molecule has 0 aliphatic rings. The molecular formula is C28H50O8. The lowest BCUT2D eigenvalue weighted by atomic mass is 10.1.